The fourth-order valence-electron chi connectivity index (χ4n) is 2.70. The van der Waals surface area contributed by atoms with E-state index in [9.17, 15) is 4.79 Å². The number of hydrogen-bond acceptors (Lipinski definition) is 5. The summed E-state index contributed by atoms with van der Waals surface area (Å²) in [5.74, 6) is 1.97. The van der Waals surface area contributed by atoms with E-state index in [-0.39, 0.29) is 11.3 Å². The van der Waals surface area contributed by atoms with Crippen LogP contribution in [-0.2, 0) is 10.2 Å². The molecule has 1 fully saturated rings. The second kappa shape index (κ2) is 7.73. The zero-order valence-corrected chi connectivity index (χ0v) is 14.8. The van der Waals surface area contributed by atoms with Crippen molar-refractivity contribution in [3.05, 3.63) is 18.1 Å². The Hall–Kier alpha value is -1.69. The first-order valence-electron chi connectivity index (χ1n) is 8.47. The normalized spacial score (nSPS) is 17.0. The minimum absolute atomic E-state index is 0.0495. The van der Waals surface area contributed by atoms with Crippen molar-refractivity contribution in [1.29, 1.82) is 0 Å². The Morgan fingerprint density at radius 2 is 2.04 bits per heavy atom. The fraction of sp³-hybridized carbons (Fsp3) is 0.706. The van der Waals surface area contributed by atoms with Gasteiger partial charge in [-0.15, -0.1) is 0 Å². The molecule has 1 amide bonds. The van der Waals surface area contributed by atoms with Crippen molar-refractivity contribution in [2.24, 2.45) is 0 Å². The van der Waals surface area contributed by atoms with Gasteiger partial charge in [-0.2, -0.15) is 0 Å². The monoisotopic (exact) mass is 319 g/mol. The number of anilines is 1. The molecule has 1 aliphatic heterocycles. The minimum Gasteiger partial charge on any atom is -0.355 e. The van der Waals surface area contributed by atoms with E-state index in [0.29, 0.717) is 13.1 Å². The minimum atomic E-state index is -0.0495. The zero-order valence-electron chi connectivity index (χ0n) is 14.8. The van der Waals surface area contributed by atoms with E-state index in [1.165, 1.54) is 0 Å². The number of carbonyl (C=O) groups excluding carboxylic acids is 1. The van der Waals surface area contributed by atoms with Crippen molar-refractivity contribution in [3.8, 4) is 0 Å². The largest absolute Gasteiger partial charge is 0.355 e. The number of amides is 1. The summed E-state index contributed by atoms with van der Waals surface area (Å²) in [6.07, 6.45) is 2.88. The van der Waals surface area contributed by atoms with Crippen LogP contribution < -0.4 is 10.2 Å². The van der Waals surface area contributed by atoms with Gasteiger partial charge in [0.1, 0.15) is 11.6 Å². The number of aromatic nitrogens is 2. The molecule has 23 heavy (non-hydrogen) atoms. The number of nitrogens with zero attached hydrogens (tertiary/aromatic N) is 4. The highest BCUT2D eigenvalue weighted by molar-refractivity contribution is 5.77. The van der Waals surface area contributed by atoms with E-state index in [4.69, 9.17) is 4.98 Å². The molecule has 0 aromatic carbocycles. The van der Waals surface area contributed by atoms with Crippen LogP contribution in [0.25, 0.3) is 0 Å². The van der Waals surface area contributed by atoms with Crippen LogP contribution in [0.4, 0.5) is 5.82 Å². The molecule has 6 nitrogen and oxygen atoms in total. The lowest BCUT2D eigenvalue weighted by molar-refractivity contribution is -0.122. The first-order chi connectivity index (χ1) is 10.9. The first-order valence-corrected chi connectivity index (χ1v) is 8.47. The highest BCUT2D eigenvalue weighted by Gasteiger charge is 2.21. The molecule has 1 N–H and O–H groups in total. The second-order valence-electron chi connectivity index (χ2n) is 7.06. The third kappa shape index (κ3) is 5.16. The van der Waals surface area contributed by atoms with Gasteiger partial charge in [0.15, 0.2) is 0 Å². The van der Waals surface area contributed by atoms with Crippen LogP contribution >= 0.6 is 0 Å². The maximum absolute atomic E-state index is 11.7. The predicted molar refractivity (Wildman–Crippen MR) is 92.7 cm³/mol. The molecule has 0 unspecified atom stereocenters. The Labute approximate surface area is 139 Å². The summed E-state index contributed by atoms with van der Waals surface area (Å²) in [4.78, 5) is 25.4. The lowest BCUT2D eigenvalue weighted by Gasteiger charge is -2.24. The molecule has 6 heteroatoms. The van der Waals surface area contributed by atoms with Crippen molar-refractivity contribution < 1.29 is 4.79 Å². The third-order valence-electron chi connectivity index (χ3n) is 3.97. The standard InChI is InChI=1S/C17H29N5O/c1-5-18-15(23)13-21-9-6-10-22(12-11-21)14-7-8-19-16(20-14)17(2,3)4/h7-8H,5-6,9-13H2,1-4H3,(H,18,23). The van der Waals surface area contributed by atoms with Crippen LogP contribution in [0.1, 0.15) is 39.9 Å². The summed E-state index contributed by atoms with van der Waals surface area (Å²) in [5.41, 5.74) is -0.0495. The predicted octanol–water partition coefficient (Wildman–Crippen LogP) is 1.42. The number of hydrogen-bond donors (Lipinski definition) is 1. The summed E-state index contributed by atoms with van der Waals surface area (Å²) >= 11 is 0. The van der Waals surface area contributed by atoms with Crippen LogP contribution in [0, 0.1) is 0 Å². The van der Waals surface area contributed by atoms with Gasteiger partial charge in [-0.3, -0.25) is 9.69 Å². The van der Waals surface area contributed by atoms with E-state index >= 15 is 0 Å². The molecule has 1 aromatic rings. The van der Waals surface area contributed by atoms with Crippen LogP contribution in [0.5, 0.6) is 0 Å². The molecule has 0 aliphatic carbocycles. The van der Waals surface area contributed by atoms with Gasteiger partial charge in [-0.05, 0) is 19.4 Å². The lowest BCUT2D eigenvalue weighted by atomic mass is 9.96. The van der Waals surface area contributed by atoms with E-state index in [1.807, 2.05) is 19.2 Å². The van der Waals surface area contributed by atoms with Crippen molar-refractivity contribution >= 4 is 11.7 Å². The lowest BCUT2D eigenvalue weighted by Crippen LogP contribution is -2.39. The van der Waals surface area contributed by atoms with Crippen molar-refractivity contribution in [2.45, 2.75) is 39.5 Å². The molecule has 0 atom stereocenters. The number of nitrogens with one attached hydrogen (secondary N) is 1. The quantitative estimate of drug-likeness (QED) is 0.909. The molecule has 0 saturated carbocycles. The molecule has 2 rings (SSSR count). The van der Waals surface area contributed by atoms with E-state index in [0.717, 1.165) is 44.2 Å². The molecule has 1 saturated heterocycles. The Kier molecular flexibility index (Phi) is 5.93. The molecule has 1 aromatic heterocycles. The SMILES string of the molecule is CCNC(=O)CN1CCCN(c2ccnc(C(C)(C)C)n2)CC1. The zero-order chi connectivity index (χ0) is 16.9. The van der Waals surface area contributed by atoms with Crippen LogP contribution in [0.2, 0.25) is 0 Å². The van der Waals surface area contributed by atoms with Gasteiger partial charge in [-0.25, -0.2) is 9.97 Å². The van der Waals surface area contributed by atoms with Gasteiger partial charge in [0.05, 0.1) is 6.54 Å². The Balaban J connectivity index is 1.99. The highest BCUT2D eigenvalue weighted by atomic mass is 16.2. The average Bonchev–Trinajstić information content (AvgIpc) is 2.72. The maximum Gasteiger partial charge on any atom is 0.234 e. The first kappa shape index (κ1) is 17.7. The molecular weight excluding hydrogens is 290 g/mol. The van der Waals surface area contributed by atoms with Gasteiger partial charge < -0.3 is 10.2 Å². The van der Waals surface area contributed by atoms with Gasteiger partial charge in [0.2, 0.25) is 5.91 Å². The molecule has 1 aliphatic rings. The van der Waals surface area contributed by atoms with Crippen molar-refractivity contribution in [1.82, 2.24) is 20.2 Å². The topological polar surface area (TPSA) is 61.4 Å². The average molecular weight is 319 g/mol. The molecular formula is C17H29N5O. The van der Waals surface area contributed by atoms with Gasteiger partial charge >= 0.3 is 0 Å². The van der Waals surface area contributed by atoms with Crippen LogP contribution in [-0.4, -0.2) is 60.0 Å². The van der Waals surface area contributed by atoms with E-state index in [2.05, 4.69) is 40.9 Å². The second-order valence-corrected chi connectivity index (χ2v) is 7.06. The summed E-state index contributed by atoms with van der Waals surface area (Å²) in [6.45, 7) is 13.2. The third-order valence-corrected chi connectivity index (χ3v) is 3.97. The van der Waals surface area contributed by atoms with Crippen molar-refractivity contribution in [3.63, 3.8) is 0 Å². The fourth-order valence-corrected chi connectivity index (χ4v) is 2.70. The molecule has 0 spiro atoms. The molecule has 0 bridgehead atoms. The number of rotatable bonds is 4. The Bertz CT molecular complexity index is 526. The summed E-state index contributed by atoms with van der Waals surface area (Å²) in [6, 6.07) is 1.98. The molecule has 2 heterocycles. The maximum atomic E-state index is 11.7. The number of carbonyl (C=O) groups is 1. The molecule has 128 valence electrons. The smallest absolute Gasteiger partial charge is 0.234 e. The van der Waals surface area contributed by atoms with Crippen molar-refractivity contribution in [2.75, 3.05) is 44.2 Å². The highest BCUT2D eigenvalue weighted by Crippen LogP contribution is 2.21. The Morgan fingerprint density at radius 3 is 2.74 bits per heavy atom. The van der Waals surface area contributed by atoms with E-state index < -0.39 is 0 Å². The Morgan fingerprint density at radius 1 is 1.26 bits per heavy atom. The summed E-state index contributed by atoms with van der Waals surface area (Å²) in [7, 11) is 0. The van der Waals surface area contributed by atoms with E-state index in [1.54, 1.807) is 0 Å². The summed E-state index contributed by atoms with van der Waals surface area (Å²) in [5, 5.41) is 2.87. The molecule has 0 radical (unpaired) electrons. The van der Waals surface area contributed by atoms with Gasteiger partial charge in [0, 0.05) is 44.3 Å². The summed E-state index contributed by atoms with van der Waals surface area (Å²) < 4.78 is 0. The number of likely N-dealkylation sites (N-methyl/N-ethyl adjacent to an activating group) is 1. The van der Waals surface area contributed by atoms with Crippen LogP contribution in [0.3, 0.4) is 0 Å². The van der Waals surface area contributed by atoms with Crippen LogP contribution in [0.15, 0.2) is 12.3 Å². The van der Waals surface area contributed by atoms with Gasteiger partial charge in [0.25, 0.3) is 0 Å². The van der Waals surface area contributed by atoms with Gasteiger partial charge in [-0.1, -0.05) is 20.8 Å².